The van der Waals surface area contributed by atoms with Crippen molar-refractivity contribution in [1.29, 1.82) is 0 Å². The van der Waals surface area contributed by atoms with E-state index in [4.69, 9.17) is 0 Å². The van der Waals surface area contributed by atoms with Gasteiger partial charge in [-0.15, -0.1) is 0 Å². The molecule has 3 heteroatoms. The standard InChI is InChI=1S/C11H17NOS/c13-11-3-1-2-10(11)12-6-4-9-5-7-14-8-9/h5,7-8,10-13H,1-4,6H2. The summed E-state index contributed by atoms with van der Waals surface area (Å²) in [6.45, 7) is 0.985. The second kappa shape index (κ2) is 4.91. The molecule has 1 aliphatic rings. The van der Waals surface area contributed by atoms with Gasteiger partial charge in [-0.25, -0.2) is 0 Å². The van der Waals surface area contributed by atoms with E-state index < -0.39 is 0 Å². The van der Waals surface area contributed by atoms with Gasteiger partial charge in [-0.2, -0.15) is 11.3 Å². The molecule has 2 unspecified atom stereocenters. The number of nitrogens with one attached hydrogen (secondary N) is 1. The fourth-order valence-electron chi connectivity index (χ4n) is 2.02. The van der Waals surface area contributed by atoms with Crippen molar-refractivity contribution in [3.63, 3.8) is 0 Å². The zero-order valence-electron chi connectivity index (χ0n) is 8.28. The van der Waals surface area contributed by atoms with Crippen LogP contribution < -0.4 is 5.32 Å². The van der Waals surface area contributed by atoms with Gasteiger partial charge in [0.05, 0.1) is 6.10 Å². The van der Waals surface area contributed by atoms with Gasteiger partial charge in [-0.3, -0.25) is 0 Å². The van der Waals surface area contributed by atoms with Crippen molar-refractivity contribution in [2.75, 3.05) is 6.54 Å². The fourth-order valence-corrected chi connectivity index (χ4v) is 2.72. The van der Waals surface area contributed by atoms with Gasteiger partial charge in [-0.1, -0.05) is 0 Å². The molecule has 14 heavy (non-hydrogen) atoms. The zero-order chi connectivity index (χ0) is 9.80. The SMILES string of the molecule is OC1CCCC1NCCc1ccsc1. The summed E-state index contributed by atoms with van der Waals surface area (Å²) in [7, 11) is 0. The molecular formula is C11H17NOS. The Balaban J connectivity index is 1.68. The summed E-state index contributed by atoms with van der Waals surface area (Å²) in [6.07, 6.45) is 4.22. The molecule has 0 spiro atoms. The summed E-state index contributed by atoms with van der Waals surface area (Å²) in [6, 6.07) is 2.51. The number of aliphatic hydroxyl groups is 1. The average Bonchev–Trinajstić information content (AvgIpc) is 2.78. The number of hydrogen-bond acceptors (Lipinski definition) is 3. The molecule has 1 saturated carbocycles. The fraction of sp³-hybridized carbons (Fsp3) is 0.636. The zero-order valence-corrected chi connectivity index (χ0v) is 9.09. The third-order valence-corrected chi connectivity index (χ3v) is 3.61. The van der Waals surface area contributed by atoms with E-state index in [2.05, 4.69) is 22.1 Å². The highest BCUT2D eigenvalue weighted by atomic mass is 32.1. The van der Waals surface area contributed by atoms with Crippen molar-refractivity contribution in [3.8, 4) is 0 Å². The van der Waals surface area contributed by atoms with Crippen LogP contribution in [0.1, 0.15) is 24.8 Å². The lowest BCUT2D eigenvalue weighted by atomic mass is 10.2. The molecule has 1 aromatic rings. The molecule has 0 amide bonds. The lowest BCUT2D eigenvalue weighted by Crippen LogP contribution is -2.36. The molecule has 1 aliphatic carbocycles. The first-order chi connectivity index (χ1) is 6.86. The van der Waals surface area contributed by atoms with E-state index >= 15 is 0 Å². The molecular weight excluding hydrogens is 194 g/mol. The van der Waals surface area contributed by atoms with Crippen LogP contribution in [0, 0.1) is 0 Å². The van der Waals surface area contributed by atoms with Crippen molar-refractivity contribution in [2.45, 2.75) is 37.8 Å². The van der Waals surface area contributed by atoms with Crippen LogP contribution in [0.25, 0.3) is 0 Å². The molecule has 1 fully saturated rings. The smallest absolute Gasteiger partial charge is 0.0693 e. The van der Waals surface area contributed by atoms with Crippen LogP contribution in [0.5, 0.6) is 0 Å². The molecule has 0 bridgehead atoms. The maximum absolute atomic E-state index is 9.59. The second-order valence-electron chi connectivity index (χ2n) is 3.94. The molecule has 0 aliphatic heterocycles. The Morgan fingerprint density at radius 2 is 2.43 bits per heavy atom. The molecule has 2 N–H and O–H groups in total. The summed E-state index contributed by atoms with van der Waals surface area (Å²) in [5.74, 6) is 0. The molecule has 0 radical (unpaired) electrons. The molecule has 1 heterocycles. The molecule has 2 nitrogen and oxygen atoms in total. The van der Waals surface area contributed by atoms with Crippen molar-refractivity contribution in [3.05, 3.63) is 22.4 Å². The van der Waals surface area contributed by atoms with Gasteiger partial charge in [0.2, 0.25) is 0 Å². The van der Waals surface area contributed by atoms with E-state index in [1.807, 2.05) is 0 Å². The van der Waals surface area contributed by atoms with Crippen LogP contribution in [0.3, 0.4) is 0 Å². The number of aliphatic hydroxyl groups excluding tert-OH is 1. The highest BCUT2D eigenvalue weighted by Gasteiger charge is 2.23. The number of hydrogen-bond donors (Lipinski definition) is 2. The van der Waals surface area contributed by atoms with Crippen LogP contribution in [-0.4, -0.2) is 23.8 Å². The summed E-state index contributed by atoms with van der Waals surface area (Å²) in [4.78, 5) is 0. The Labute approximate surface area is 89.0 Å². The molecule has 78 valence electrons. The largest absolute Gasteiger partial charge is 0.392 e. The van der Waals surface area contributed by atoms with Gasteiger partial charge in [0.1, 0.15) is 0 Å². The third kappa shape index (κ3) is 2.56. The van der Waals surface area contributed by atoms with Gasteiger partial charge >= 0.3 is 0 Å². The minimum atomic E-state index is -0.113. The first kappa shape index (κ1) is 10.1. The first-order valence-corrected chi connectivity index (χ1v) is 6.23. The lowest BCUT2D eigenvalue weighted by Gasteiger charge is -2.15. The van der Waals surface area contributed by atoms with Gasteiger partial charge in [0.15, 0.2) is 0 Å². The van der Waals surface area contributed by atoms with Gasteiger partial charge < -0.3 is 10.4 Å². The van der Waals surface area contributed by atoms with Gasteiger partial charge in [0.25, 0.3) is 0 Å². The minimum Gasteiger partial charge on any atom is -0.392 e. The van der Waals surface area contributed by atoms with Crippen LogP contribution >= 0.6 is 11.3 Å². The highest BCUT2D eigenvalue weighted by Crippen LogP contribution is 2.18. The Morgan fingerprint density at radius 3 is 3.07 bits per heavy atom. The van der Waals surface area contributed by atoms with E-state index in [0.29, 0.717) is 6.04 Å². The summed E-state index contributed by atoms with van der Waals surface area (Å²) in [5, 5.41) is 17.3. The normalized spacial score (nSPS) is 26.9. The van der Waals surface area contributed by atoms with E-state index in [1.165, 1.54) is 5.56 Å². The topological polar surface area (TPSA) is 32.3 Å². The molecule has 0 saturated heterocycles. The van der Waals surface area contributed by atoms with Crippen molar-refractivity contribution in [1.82, 2.24) is 5.32 Å². The van der Waals surface area contributed by atoms with Gasteiger partial charge in [0, 0.05) is 6.04 Å². The van der Waals surface area contributed by atoms with E-state index in [0.717, 1.165) is 32.2 Å². The van der Waals surface area contributed by atoms with Crippen LogP contribution in [0.15, 0.2) is 16.8 Å². The minimum absolute atomic E-state index is 0.113. The monoisotopic (exact) mass is 211 g/mol. The Kier molecular flexibility index (Phi) is 3.56. The summed E-state index contributed by atoms with van der Waals surface area (Å²) < 4.78 is 0. The average molecular weight is 211 g/mol. The lowest BCUT2D eigenvalue weighted by molar-refractivity contribution is 0.149. The molecule has 1 aromatic heterocycles. The molecule has 0 aromatic carbocycles. The van der Waals surface area contributed by atoms with E-state index in [1.54, 1.807) is 11.3 Å². The quantitative estimate of drug-likeness (QED) is 0.796. The van der Waals surface area contributed by atoms with Crippen molar-refractivity contribution >= 4 is 11.3 Å². The van der Waals surface area contributed by atoms with Crippen LogP contribution in [0.2, 0.25) is 0 Å². The Hall–Kier alpha value is -0.380. The molecule has 2 rings (SSSR count). The Bertz CT molecular complexity index is 260. The van der Waals surface area contributed by atoms with Crippen molar-refractivity contribution < 1.29 is 5.11 Å². The highest BCUT2D eigenvalue weighted by molar-refractivity contribution is 7.07. The second-order valence-corrected chi connectivity index (χ2v) is 4.72. The third-order valence-electron chi connectivity index (χ3n) is 2.88. The first-order valence-electron chi connectivity index (χ1n) is 5.29. The van der Waals surface area contributed by atoms with Crippen molar-refractivity contribution in [2.24, 2.45) is 0 Å². The van der Waals surface area contributed by atoms with E-state index in [9.17, 15) is 5.11 Å². The molecule has 2 atom stereocenters. The van der Waals surface area contributed by atoms with E-state index in [-0.39, 0.29) is 6.10 Å². The maximum atomic E-state index is 9.59. The Morgan fingerprint density at radius 1 is 1.50 bits per heavy atom. The van der Waals surface area contributed by atoms with Gasteiger partial charge in [-0.05, 0) is 54.6 Å². The summed E-state index contributed by atoms with van der Waals surface area (Å²) in [5.41, 5.74) is 1.40. The number of rotatable bonds is 4. The number of thiophene rings is 1. The predicted octanol–water partition coefficient (Wildman–Crippen LogP) is 1.79. The van der Waals surface area contributed by atoms with Crippen LogP contribution in [-0.2, 0) is 6.42 Å². The summed E-state index contributed by atoms with van der Waals surface area (Å²) >= 11 is 1.75. The predicted molar refractivity (Wildman–Crippen MR) is 59.7 cm³/mol. The van der Waals surface area contributed by atoms with Crippen LogP contribution in [0.4, 0.5) is 0 Å². The maximum Gasteiger partial charge on any atom is 0.0693 e.